The smallest absolute Gasteiger partial charge is 0.251 e. The summed E-state index contributed by atoms with van der Waals surface area (Å²) in [6.07, 6.45) is 1.61. The number of benzene rings is 2. The lowest BCUT2D eigenvalue weighted by Gasteiger charge is -2.19. The van der Waals surface area contributed by atoms with E-state index in [4.69, 9.17) is 4.74 Å². The van der Waals surface area contributed by atoms with Crippen LogP contribution in [0.15, 0.2) is 53.4 Å². The average Bonchev–Trinajstić information content (AvgIpc) is 2.58. The van der Waals surface area contributed by atoms with Crippen molar-refractivity contribution in [1.82, 2.24) is 5.32 Å². The molecule has 25 heavy (non-hydrogen) atoms. The summed E-state index contributed by atoms with van der Waals surface area (Å²) < 4.78 is 17.0. The van der Waals surface area contributed by atoms with Crippen LogP contribution in [-0.2, 0) is 16.2 Å². The number of carbonyl (C=O) groups excluding carboxylic acids is 1. The number of hydrogen-bond donors (Lipinski definition) is 1. The highest BCUT2D eigenvalue weighted by Crippen LogP contribution is 2.24. The zero-order valence-corrected chi connectivity index (χ0v) is 16.0. The first-order valence-corrected chi connectivity index (χ1v) is 9.78. The quantitative estimate of drug-likeness (QED) is 0.803. The minimum Gasteiger partial charge on any atom is -0.492 e. The van der Waals surface area contributed by atoms with Crippen LogP contribution >= 0.6 is 0 Å². The Balaban J connectivity index is 1.78. The maximum Gasteiger partial charge on any atom is 0.251 e. The lowest BCUT2D eigenvalue weighted by molar-refractivity contribution is 0.0947. The molecule has 0 aliphatic heterocycles. The van der Waals surface area contributed by atoms with Gasteiger partial charge < -0.3 is 10.1 Å². The molecular formula is C20H25NO3S. The molecule has 1 N–H and O–H groups in total. The number of hydrogen-bond acceptors (Lipinski definition) is 3. The number of rotatable bonds is 6. The van der Waals surface area contributed by atoms with Crippen LogP contribution in [0.1, 0.15) is 36.7 Å². The summed E-state index contributed by atoms with van der Waals surface area (Å²) >= 11 is 0. The van der Waals surface area contributed by atoms with Crippen LogP contribution in [-0.4, -0.2) is 29.5 Å². The SMILES string of the molecule is CS(=O)c1ccc(C(=O)NCCOc2ccc(C(C)(C)C)cc2)cc1. The Hall–Kier alpha value is -2.14. The normalized spacial score (nSPS) is 12.5. The molecule has 2 aromatic rings. The molecule has 0 fully saturated rings. The van der Waals surface area contributed by atoms with Crippen molar-refractivity contribution in [3.05, 3.63) is 59.7 Å². The van der Waals surface area contributed by atoms with Crippen molar-refractivity contribution in [1.29, 1.82) is 0 Å². The van der Waals surface area contributed by atoms with Crippen LogP contribution in [0, 0.1) is 0 Å². The van der Waals surface area contributed by atoms with E-state index in [1.165, 1.54) is 5.56 Å². The van der Waals surface area contributed by atoms with Gasteiger partial charge in [-0.2, -0.15) is 0 Å². The van der Waals surface area contributed by atoms with Gasteiger partial charge in [0.25, 0.3) is 5.91 Å². The summed E-state index contributed by atoms with van der Waals surface area (Å²) in [5.41, 5.74) is 1.92. The van der Waals surface area contributed by atoms with Crippen LogP contribution < -0.4 is 10.1 Å². The van der Waals surface area contributed by atoms with E-state index in [1.807, 2.05) is 12.1 Å². The lowest BCUT2D eigenvalue weighted by atomic mass is 9.87. The molecule has 0 aromatic heterocycles. The van der Waals surface area contributed by atoms with Gasteiger partial charge in [0.2, 0.25) is 0 Å². The maximum absolute atomic E-state index is 12.0. The second-order valence-electron chi connectivity index (χ2n) is 6.86. The van der Waals surface area contributed by atoms with Crippen molar-refractivity contribution < 1.29 is 13.7 Å². The van der Waals surface area contributed by atoms with Gasteiger partial charge in [0.05, 0.1) is 6.54 Å². The molecule has 4 nitrogen and oxygen atoms in total. The fourth-order valence-electron chi connectivity index (χ4n) is 2.28. The zero-order valence-electron chi connectivity index (χ0n) is 15.2. The van der Waals surface area contributed by atoms with Crippen LogP contribution in [0.3, 0.4) is 0 Å². The Morgan fingerprint density at radius 3 is 2.16 bits per heavy atom. The summed E-state index contributed by atoms with van der Waals surface area (Å²) in [5, 5.41) is 2.81. The van der Waals surface area contributed by atoms with E-state index in [2.05, 4.69) is 38.2 Å². The van der Waals surface area contributed by atoms with E-state index in [-0.39, 0.29) is 11.3 Å². The third kappa shape index (κ3) is 5.71. The van der Waals surface area contributed by atoms with Crippen molar-refractivity contribution in [2.24, 2.45) is 0 Å². The second kappa shape index (κ2) is 8.30. The van der Waals surface area contributed by atoms with Gasteiger partial charge in [0.1, 0.15) is 12.4 Å². The predicted octanol–water partition coefficient (Wildman–Crippen LogP) is 3.53. The molecular weight excluding hydrogens is 334 g/mol. The van der Waals surface area contributed by atoms with Crippen molar-refractivity contribution in [3.63, 3.8) is 0 Å². The van der Waals surface area contributed by atoms with Gasteiger partial charge in [-0.1, -0.05) is 32.9 Å². The van der Waals surface area contributed by atoms with Crippen LogP contribution in [0.2, 0.25) is 0 Å². The number of nitrogens with one attached hydrogen (secondary N) is 1. The molecule has 2 aromatic carbocycles. The van der Waals surface area contributed by atoms with E-state index in [0.717, 1.165) is 5.75 Å². The Labute approximate surface area is 152 Å². The summed E-state index contributed by atoms with van der Waals surface area (Å²) in [6, 6.07) is 14.8. The standard InChI is InChI=1S/C20H25NO3S/c1-20(2,3)16-7-9-17(10-8-16)24-14-13-21-19(22)15-5-11-18(12-6-15)25(4)23/h5-12H,13-14H2,1-4H3,(H,21,22). The molecule has 1 amide bonds. The van der Waals surface area contributed by atoms with Crippen molar-refractivity contribution in [2.45, 2.75) is 31.1 Å². The Bertz CT molecular complexity index is 731. The molecule has 0 bridgehead atoms. The van der Waals surface area contributed by atoms with Gasteiger partial charge in [-0.05, 0) is 47.4 Å². The van der Waals surface area contributed by atoms with Gasteiger partial charge in [-0.3, -0.25) is 9.00 Å². The molecule has 1 atom stereocenters. The lowest BCUT2D eigenvalue weighted by Crippen LogP contribution is -2.28. The molecule has 5 heteroatoms. The first-order valence-electron chi connectivity index (χ1n) is 8.22. The fourth-order valence-corrected chi connectivity index (χ4v) is 2.80. The van der Waals surface area contributed by atoms with E-state index in [0.29, 0.717) is 23.6 Å². The van der Waals surface area contributed by atoms with Crippen LogP contribution in [0.25, 0.3) is 0 Å². The van der Waals surface area contributed by atoms with Crippen molar-refractivity contribution in [2.75, 3.05) is 19.4 Å². The van der Waals surface area contributed by atoms with Gasteiger partial charge in [0, 0.05) is 27.5 Å². The van der Waals surface area contributed by atoms with Gasteiger partial charge in [0.15, 0.2) is 0 Å². The number of ether oxygens (including phenoxy) is 1. The molecule has 1 unspecified atom stereocenters. The van der Waals surface area contributed by atoms with E-state index < -0.39 is 10.8 Å². The molecule has 2 rings (SSSR count). The van der Waals surface area contributed by atoms with Crippen LogP contribution in [0.4, 0.5) is 0 Å². The first kappa shape index (κ1) is 19.2. The number of carbonyl (C=O) groups is 1. The van der Waals surface area contributed by atoms with Gasteiger partial charge >= 0.3 is 0 Å². The molecule has 0 heterocycles. The summed E-state index contributed by atoms with van der Waals surface area (Å²) in [7, 11) is -1.04. The maximum atomic E-state index is 12.0. The molecule has 134 valence electrons. The molecule has 0 spiro atoms. The third-order valence-electron chi connectivity index (χ3n) is 3.83. The van der Waals surface area contributed by atoms with E-state index in [1.54, 1.807) is 30.5 Å². The van der Waals surface area contributed by atoms with Gasteiger partial charge in [-0.25, -0.2) is 0 Å². The third-order valence-corrected chi connectivity index (χ3v) is 4.76. The van der Waals surface area contributed by atoms with Crippen molar-refractivity contribution >= 4 is 16.7 Å². The highest BCUT2D eigenvalue weighted by atomic mass is 32.2. The second-order valence-corrected chi connectivity index (χ2v) is 8.24. The Morgan fingerprint density at radius 1 is 1.04 bits per heavy atom. The summed E-state index contributed by atoms with van der Waals surface area (Å²) in [5.74, 6) is 0.622. The number of amides is 1. The first-order chi connectivity index (χ1) is 11.8. The Kier molecular flexibility index (Phi) is 6.37. The molecule has 0 radical (unpaired) electrons. The predicted molar refractivity (Wildman–Crippen MR) is 102 cm³/mol. The summed E-state index contributed by atoms with van der Waals surface area (Å²) in [4.78, 5) is 12.8. The van der Waals surface area contributed by atoms with E-state index in [9.17, 15) is 9.00 Å². The average molecular weight is 359 g/mol. The highest BCUT2D eigenvalue weighted by Gasteiger charge is 2.13. The fraction of sp³-hybridized carbons (Fsp3) is 0.350. The molecule has 0 saturated heterocycles. The highest BCUT2D eigenvalue weighted by molar-refractivity contribution is 7.84. The monoisotopic (exact) mass is 359 g/mol. The van der Waals surface area contributed by atoms with Gasteiger partial charge in [-0.15, -0.1) is 0 Å². The minimum atomic E-state index is -1.04. The summed E-state index contributed by atoms with van der Waals surface area (Å²) in [6.45, 7) is 7.33. The van der Waals surface area contributed by atoms with Crippen LogP contribution in [0.5, 0.6) is 5.75 Å². The molecule has 0 aliphatic rings. The van der Waals surface area contributed by atoms with E-state index >= 15 is 0 Å². The largest absolute Gasteiger partial charge is 0.492 e. The zero-order chi connectivity index (χ0) is 18.4. The molecule has 0 saturated carbocycles. The molecule has 0 aliphatic carbocycles. The Morgan fingerprint density at radius 2 is 1.64 bits per heavy atom. The van der Waals surface area contributed by atoms with Crippen molar-refractivity contribution in [3.8, 4) is 5.75 Å². The topological polar surface area (TPSA) is 55.4 Å². The minimum absolute atomic E-state index is 0.117.